The fraction of sp³-hybridized carbons (Fsp3) is 0.815. The summed E-state index contributed by atoms with van der Waals surface area (Å²) in [7, 11) is 0. The Balaban J connectivity index is 1.66. The minimum absolute atomic E-state index is 0.0131. The molecule has 35 heavy (non-hydrogen) atoms. The van der Waals surface area contributed by atoms with Crippen LogP contribution in [0, 0.1) is 22.2 Å². The van der Waals surface area contributed by atoms with Gasteiger partial charge in [0.2, 0.25) is 11.8 Å². The SMILES string of the molecule is CC(C)(C)CC(=O)Nc1nc2c(s1)CC1C(C)(CO)C(O)CCC1(C)C2CC(=O)NC1CCCC1. The van der Waals surface area contributed by atoms with Crippen LogP contribution >= 0.6 is 11.3 Å². The second-order valence-corrected chi connectivity index (χ2v) is 14.0. The molecule has 2 saturated carbocycles. The average molecular weight is 506 g/mol. The van der Waals surface area contributed by atoms with Crippen LogP contribution in [0.15, 0.2) is 0 Å². The van der Waals surface area contributed by atoms with Gasteiger partial charge < -0.3 is 20.8 Å². The summed E-state index contributed by atoms with van der Waals surface area (Å²) in [5.74, 6) is -0.115. The Morgan fingerprint density at radius 1 is 1.14 bits per heavy atom. The smallest absolute Gasteiger partial charge is 0.226 e. The summed E-state index contributed by atoms with van der Waals surface area (Å²) in [5.41, 5.74) is -0.135. The first-order valence-electron chi connectivity index (χ1n) is 13.2. The topological polar surface area (TPSA) is 112 Å². The Hall–Kier alpha value is -1.51. The molecule has 0 saturated heterocycles. The number of carbonyl (C=O) groups is 2. The van der Waals surface area contributed by atoms with Gasteiger partial charge in [0.15, 0.2) is 5.13 Å². The van der Waals surface area contributed by atoms with Gasteiger partial charge in [0.25, 0.3) is 0 Å². The normalized spacial score (nSPS) is 33.2. The summed E-state index contributed by atoms with van der Waals surface area (Å²) >= 11 is 1.48. The number of fused-ring (bicyclic) bond motifs is 2. The van der Waals surface area contributed by atoms with Crippen molar-refractivity contribution < 1.29 is 19.8 Å². The van der Waals surface area contributed by atoms with Crippen molar-refractivity contribution in [3.05, 3.63) is 10.6 Å². The predicted molar refractivity (Wildman–Crippen MR) is 138 cm³/mol. The van der Waals surface area contributed by atoms with Gasteiger partial charge in [-0.3, -0.25) is 9.59 Å². The molecule has 3 aliphatic rings. The van der Waals surface area contributed by atoms with Gasteiger partial charge in [-0.1, -0.05) is 47.5 Å². The van der Waals surface area contributed by atoms with Gasteiger partial charge in [0.1, 0.15) is 0 Å². The fourth-order valence-electron chi connectivity index (χ4n) is 6.89. The number of aliphatic hydroxyl groups is 2. The standard InChI is InChI=1S/C27H43N3O4S/c1-25(2,3)14-22(34)29-24-30-23-17(12-21(33)28-16-8-6-7-9-16)26(4)11-10-20(32)27(5,15-31)19(26)13-18(23)35-24/h16-17,19-20,31-32H,6-15H2,1-5H3,(H,28,33)(H,29,30,34). The molecule has 196 valence electrons. The number of anilines is 1. The van der Waals surface area contributed by atoms with Crippen LogP contribution in [0.1, 0.15) is 102 Å². The number of amides is 2. The van der Waals surface area contributed by atoms with Crippen LogP contribution in [0.2, 0.25) is 0 Å². The highest BCUT2D eigenvalue weighted by atomic mass is 32.1. The van der Waals surface area contributed by atoms with Crippen molar-refractivity contribution in [1.29, 1.82) is 0 Å². The van der Waals surface area contributed by atoms with Gasteiger partial charge in [0.05, 0.1) is 18.4 Å². The van der Waals surface area contributed by atoms with E-state index in [1.54, 1.807) is 0 Å². The zero-order valence-corrected chi connectivity index (χ0v) is 22.8. The largest absolute Gasteiger partial charge is 0.396 e. The van der Waals surface area contributed by atoms with Crippen LogP contribution in [0.4, 0.5) is 5.13 Å². The lowest BCUT2D eigenvalue weighted by Crippen LogP contribution is -2.57. The fourth-order valence-corrected chi connectivity index (χ4v) is 7.97. The molecule has 0 aliphatic heterocycles. The summed E-state index contributed by atoms with van der Waals surface area (Å²) in [6, 6.07) is 0.257. The third kappa shape index (κ3) is 5.30. The molecular formula is C27H43N3O4S. The third-order valence-corrected chi connectivity index (χ3v) is 9.95. The minimum atomic E-state index is -0.648. The van der Waals surface area contributed by atoms with Gasteiger partial charge in [-0.2, -0.15) is 0 Å². The molecule has 5 atom stereocenters. The van der Waals surface area contributed by atoms with Crippen molar-refractivity contribution in [2.24, 2.45) is 22.2 Å². The van der Waals surface area contributed by atoms with Crippen molar-refractivity contribution in [1.82, 2.24) is 10.3 Å². The monoisotopic (exact) mass is 505 g/mol. The van der Waals surface area contributed by atoms with Crippen molar-refractivity contribution in [3.8, 4) is 0 Å². The molecule has 2 fully saturated rings. The summed E-state index contributed by atoms with van der Waals surface area (Å²) < 4.78 is 0. The minimum Gasteiger partial charge on any atom is -0.396 e. The van der Waals surface area contributed by atoms with Crippen LogP contribution in [0.3, 0.4) is 0 Å². The quantitative estimate of drug-likeness (QED) is 0.458. The highest BCUT2D eigenvalue weighted by Crippen LogP contribution is 2.62. The van der Waals surface area contributed by atoms with Crippen LogP contribution in [-0.4, -0.2) is 45.8 Å². The van der Waals surface area contributed by atoms with Crippen molar-refractivity contribution in [3.63, 3.8) is 0 Å². The summed E-state index contributed by atoms with van der Waals surface area (Å²) in [5, 5.41) is 28.1. The van der Waals surface area contributed by atoms with E-state index in [1.807, 2.05) is 27.7 Å². The molecule has 0 radical (unpaired) electrons. The molecule has 1 aromatic heterocycles. The zero-order chi connectivity index (χ0) is 25.6. The van der Waals surface area contributed by atoms with Gasteiger partial charge >= 0.3 is 0 Å². The van der Waals surface area contributed by atoms with E-state index >= 15 is 0 Å². The average Bonchev–Trinajstić information content (AvgIpc) is 3.40. The van der Waals surface area contributed by atoms with Crippen molar-refractivity contribution >= 4 is 28.3 Å². The van der Waals surface area contributed by atoms with E-state index in [9.17, 15) is 19.8 Å². The number of aromatic nitrogens is 1. The van der Waals surface area contributed by atoms with Gasteiger partial charge in [-0.15, -0.1) is 11.3 Å². The number of rotatable bonds is 6. The molecule has 0 spiro atoms. The first-order valence-corrected chi connectivity index (χ1v) is 14.0. The second kappa shape index (κ2) is 9.75. The molecule has 0 bridgehead atoms. The molecule has 2 amide bonds. The number of hydrogen-bond donors (Lipinski definition) is 4. The summed E-state index contributed by atoms with van der Waals surface area (Å²) in [4.78, 5) is 31.8. The number of hydrogen-bond acceptors (Lipinski definition) is 6. The van der Waals surface area contributed by atoms with E-state index in [4.69, 9.17) is 4.98 Å². The van der Waals surface area contributed by atoms with E-state index in [1.165, 1.54) is 11.3 Å². The molecule has 8 heteroatoms. The van der Waals surface area contributed by atoms with E-state index in [0.29, 0.717) is 30.8 Å². The highest BCUT2D eigenvalue weighted by Gasteiger charge is 2.59. The Morgan fingerprint density at radius 3 is 2.46 bits per heavy atom. The highest BCUT2D eigenvalue weighted by molar-refractivity contribution is 7.15. The molecule has 7 nitrogen and oxygen atoms in total. The molecule has 4 rings (SSSR count). The number of nitrogens with zero attached hydrogens (tertiary/aromatic N) is 1. The van der Waals surface area contributed by atoms with Crippen LogP contribution in [-0.2, 0) is 16.0 Å². The Labute approximate surface area is 213 Å². The number of aliphatic hydroxyl groups excluding tert-OH is 2. The van der Waals surface area contributed by atoms with Gasteiger partial charge in [-0.05, 0) is 48.9 Å². The van der Waals surface area contributed by atoms with Crippen molar-refractivity contribution in [2.45, 2.75) is 110 Å². The Bertz CT molecular complexity index is 951. The first-order chi connectivity index (χ1) is 16.4. The molecule has 1 heterocycles. The maximum absolute atomic E-state index is 13.2. The van der Waals surface area contributed by atoms with E-state index < -0.39 is 11.5 Å². The molecule has 5 unspecified atom stereocenters. The maximum Gasteiger partial charge on any atom is 0.226 e. The maximum atomic E-state index is 13.2. The third-order valence-electron chi connectivity index (χ3n) is 8.94. The molecular weight excluding hydrogens is 462 g/mol. The van der Waals surface area contributed by atoms with E-state index in [2.05, 4.69) is 17.6 Å². The van der Waals surface area contributed by atoms with Crippen molar-refractivity contribution in [2.75, 3.05) is 11.9 Å². The van der Waals surface area contributed by atoms with E-state index in [0.717, 1.165) is 42.7 Å². The van der Waals surface area contributed by atoms with E-state index in [-0.39, 0.29) is 47.1 Å². The van der Waals surface area contributed by atoms with Gasteiger partial charge in [-0.25, -0.2) is 4.98 Å². The summed E-state index contributed by atoms with van der Waals surface area (Å²) in [6.45, 7) is 10.2. The molecule has 3 aliphatic carbocycles. The Kier molecular flexibility index (Phi) is 7.39. The lowest BCUT2D eigenvalue weighted by Gasteiger charge is -2.58. The van der Waals surface area contributed by atoms with Gasteiger partial charge in [0, 0.05) is 35.1 Å². The number of thiazole rings is 1. The lowest BCUT2D eigenvalue weighted by molar-refractivity contribution is -0.144. The number of nitrogens with one attached hydrogen (secondary N) is 2. The predicted octanol–water partition coefficient (Wildman–Crippen LogP) is 4.38. The Morgan fingerprint density at radius 2 is 1.83 bits per heavy atom. The lowest BCUT2D eigenvalue weighted by atomic mass is 9.47. The molecule has 0 aromatic carbocycles. The molecule has 1 aromatic rings. The van der Waals surface area contributed by atoms with Crippen LogP contribution in [0.5, 0.6) is 0 Å². The van der Waals surface area contributed by atoms with Crippen LogP contribution < -0.4 is 10.6 Å². The first kappa shape index (κ1) is 26.6. The zero-order valence-electron chi connectivity index (χ0n) is 21.9. The van der Waals surface area contributed by atoms with Crippen LogP contribution in [0.25, 0.3) is 0 Å². The second-order valence-electron chi connectivity index (χ2n) is 12.9. The number of carbonyl (C=O) groups excluding carboxylic acids is 2. The molecule has 4 N–H and O–H groups in total. The summed E-state index contributed by atoms with van der Waals surface area (Å²) in [6.07, 6.45) is 6.62.